The van der Waals surface area contributed by atoms with Gasteiger partial charge in [-0.3, -0.25) is 9.20 Å². The van der Waals surface area contributed by atoms with Crippen LogP contribution in [0.1, 0.15) is 0 Å². The Morgan fingerprint density at radius 3 is 1.86 bits per heavy atom. The van der Waals surface area contributed by atoms with Crippen molar-refractivity contribution in [3.8, 4) is 45.4 Å². The number of para-hydroxylation sites is 3. The van der Waals surface area contributed by atoms with Crippen molar-refractivity contribution in [3.05, 3.63) is 156 Å². The van der Waals surface area contributed by atoms with Gasteiger partial charge in [-0.05, 0) is 42.5 Å². The van der Waals surface area contributed by atoms with Crippen molar-refractivity contribution in [2.75, 3.05) is 0 Å². The van der Waals surface area contributed by atoms with Gasteiger partial charge < -0.3 is 4.42 Å². The summed E-state index contributed by atoms with van der Waals surface area (Å²) in [7, 11) is 0. The Kier molecular flexibility index (Phi) is 6.16. The monoisotopic (exact) mass is 644 g/mol. The van der Waals surface area contributed by atoms with Gasteiger partial charge in [0.1, 0.15) is 16.9 Å². The molecule has 0 aliphatic heterocycles. The first-order valence-electron chi connectivity index (χ1n) is 16.2. The van der Waals surface area contributed by atoms with Crippen molar-refractivity contribution in [2.45, 2.75) is 0 Å². The van der Waals surface area contributed by atoms with Gasteiger partial charge in [0.2, 0.25) is 0 Å². The molecule has 10 aromatic rings. The number of hydrogen-bond donors (Lipinski definition) is 0. The Morgan fingerprint density at radius 2 is 1.12 bits per heavy atom. The smallest absolute Gasteiger partial charge is 0.266 e. The van der Waals surface area contributed by atoms with Gasteiger partial charge in [-0.25, -0.2) is 24.9 Å². The Balaban J connectivity index is 1.20. The molecule has 6 aromatic carbocycles. The third kappa shape index (κ3) is 4.39. The van der Waals surface area contributed by atoms with Gasteiger partial charge in [0.05, 0.1) is 21.9 Å². The van der Waals surface area contributed by atoms with Crippen LogP contribution in [0.15, 0.2) is 155 Å². The summed E-state index contributed by atoms with van der Waals surface area (Å²) >= 11 is 0. The van der Waals surface area contributed by atoms with E-state index in [1.807, 2.05) is 146 Å². The van der Waals surface area contributed by atoms with Crippen LogP contribution < -0.4 is 5.56 Å². The minimum atomic E-state index is -0.138. The highest BCUT2D eigenvalue weighted by Crippen LogP contribution is 2.39. The molecule has 0 fully saturated rings. The van der Waals surface area contributed by atoms with Crippen molar-refractivity contribution in [1.29, 1.82) is 0 Å². The third-order valence-corrected chi connectivity index (χ3v) is 9.05. The van der Waals surface area contributed by atoms with Gasteiger partial charge >= 0.3 is 0 Å². The average molecular weight is 645 g/mol. The van der Waals surface area contributed by atoms with Gasteiger partial charge in [0, 0.05) is 33.0 Å². The summed E-state index contributed by atoms with van der Waals surface area (Å²) in [5.41, 5.74) is 7.74. The topological polar surface area (TPSA) is 99.1 Å². The SMILES string of the molecule is O=c1c2ccccc2nc2c(-c3cccc4oc5cc(-c6nc(-c7ccccc7)nc(-c7ccccc7)n6)ccc5c34)nc3ccccc3n12. The van der Waals surface area contributed by atoms with E-state index in [0.717, 1.165) is 33.0 Å². The van der Waals surface area contributed by atoms with E-state index in [1.165, 1.54) is 0 Å². The van der Waals surface area contributed by atoms with E-state index >= 15 is 0 Å². The number of rotatable bonds is 4. The molecule has 234 valence electrons. The molecule has 0 saturated carbocycles. The molecule has 0 bridgehead atoms. The maximum absolute atomic E-state index is 14.0. The maximum atomic E-state index is 14.0. The number of aromatic nitrogens is 6. The molecular formula is C42H24N6O2. The first kappa shape index (κ1) is 28.0. The lowest BCUT2D eigenvalue weighted by atomic mass is 10.0. The zero-order valence-corrected chi connectivity index (χ0v) is 26.4. The van der Waals surface area contributed by atoms with Crippen LogP contribution >= 0.6 is 0 Å². The molecule has 0 N–H and O–H groups in total. The zero-order valence-electron chi connectivity index (χ0n) is 26.4. The molecule has 0 aliphatic carbocycles. The van der Waals surface area contributed by atoms with Gasteiger partial charge in [-0.1, -0.05) is 103 Å². The van der Waals surface area contributed by atoms with Crippen molar-refractivity contribution in [1.82, 2.24) is 29.3 Å². The number of furan rings is 1. The summed E-state index contributed by atoms with van der Waals surface area (Å²) in [4.78, 5) is 38.7. The predicted molar refractivity (Wildman–Crippen MR) is 197 cm³/mol. The quantitative estimate of drug-likeness (QED) is 0.139. The van der Waals surface area contributed by atoms with Crippen molar-refractivity contribution in [2.24, 2.45) is 0 Å². The Labute approximate surface area is 284 Å². The Morgan fingerprint density at radius 1 is 0.480 bits per heavy atom. The molecule has 8 heteroatoms. The summed E-state index contributed by atoms with van der Waals surface area (Å²) in [5, 5.41) is 2.33. The molecule has 10 rings (SSSR count). The summed E-state index contributed by atoms with van der Waals surface area (Å²) < 4.78 is 8.19. The fourth-order valence-electron chi connectivity index (χ4n) is 6.71. The normalized spacial score (nSPS) is 11.7. The molecule has 8 nitrogen and oxygen atoms in total. The van der Waals surface area contributed by atoms with E-state index in [4.69, 9.17) is 29.3 Å². The largest absolute Gasteiger partial charge is 0.456 e. The van der Waals surface area contributed by atoms with Crippen LogP contribution in [-0.4, -0.2) is 29.3 Å². The molecule has 0 amide bonds. The number of fused-ring (bicyclic) bond motifs is 7. The summed E-state index contributed by atoms with van der Waals surface area (Å²) in [6.07, 6.45) is 0. The minimum absolute atomic E-state index is 0.138. The molecule has 0 radical (unpaired) electrons. The van der Waals surface area contributed by atoms with Gasteiger partial charge in [-0.15, -0.1) is 0 Å². The Hall–Kier alpha value is -7.06. The molecule has 0 unspecified atom stereocenters. The molecule has 0 saturated heterocycles. The van der Waals surface area contributed by atoms with E-state index in [9.17, 15) is 4.79 Å². The standard InChI is InChI=1S/C42H24N6O2/c49-42-28-16-7-8-18-31(28)44-41-37(43-32-19-9-10-20-33(32)48(41)42)30-17-11-21-34-36(30)29-23-22-27(24-35(29)50-34)40-46-38(25-12-3-1-4-13-25)45-39(47-40)26-14-5-2-6-15-26/h1-24H. The highest BCUT2D eigenvalue weighted by Gasteiger charge is 2.21. The van der Waals surface area contributed by atoms with E-state index in [0.29, 0.717) is 61.9 Å². The number of hydrogen-bond acceptors (Lipinski definition) is 7. The predicted octanol–water partition coefficient (Wildman–Crippen LogP) is 9.15. The first-order valence-corrected chi connectivity index (χ1v) is 16.2. The second kappa shape index (κ2) is 11.0. The summed E-state index contributed by atoms with van der Waals surface area (Å²) in [6.45, 7) is 0. The van der Waals surface area contributed by atoms with Crippen LogP contribution in [0.4, 0.5) is 0 Å². The van der Waals surface area contributed by atoms with Crippen LogP contribution in [0.2, 0.25) is 0 Å². The van der Waals surface area contributed by atoms with E-state index in [2.05, 4.69) is 0 Å². The molecule has 0 aliphatic rings. The van der Waals surface area contributed by atoms with Crippen LogP contribution in [0.3, 0.4) is 0 Å². The molecule has 4 heterocycles. The molecular weight excluding hydrogens is 621 g/mol. The molecule has 50 heavy (non-hydrogen) atoms. The van der Waals surface area contributed by atoms with Gasteiger partial charge in [0.15, 0.2) is 23.1 Å². The van der Waals surface area contributed by atoms with Crippen LogP contribution in [0.25, 0.3) is 94.9 Å². The maximum Gasteiger partial charge on any atom is 0.266 e. The molecule has 4 aromatic heterocycles. The highest BCUT2D eigenvalue weighted by molar-refractivity contribution is 6.14. The lowest BCUT2D eigenvalue weighted by Crippen LogP contribution is -2.17. The number of nitrogens with zero attached hydrogens (tertiary/aromatic N) is 6. The lowest BCUT2D eigenvalue weighted by Gasteiger charge is -2.12. The number of benzene rings is 6. The van der Waals surface area contributed by atoms with Crippen molar-refractivity contribution < 1.29 is 4.42 Å². The van der Waals surface area contributed by atoms with Crippen LogP contribution in [0, 0.1) is 0 Å². The molecule has 0 spiro atoms. The van der Waals surface area contributed by atoms with Crippen LogP contribution in [-0.2, 0) is 0 Å². The highest BCUT2D eigenvalue weighted by atomic mass is 16.3. The second-order valence-corrected chi connectivity index (χ2v) is 12.1. The van der Waals surface area contributed by atoms with Crippen molar-refractivity contribution >= 4 is 49.5 Å². The molecule has 0 atom stereocenters. The van der Waals surface area contributed by atoms with Gasteiger partial charge in [0.25, 0.3) is 5.56 Å². The van der Waals surface area contributed by atoms with Gasteiger partial charge in [-0.2, -0.15) is 0 Å². The minimum Gasteiger partial charge on any atom is -0.456 e. The fourth-order valence-corrected chi connectivity index (χ4v) is 6.71. The van der Waals surface area contributed by atoms with Crippen LogP contribution in [0.5, 0.6) is 0 Å². The third-order valence-electron chi connectivity index (χ3n) is 9.05. The first-order chi connectivity index (χ1) is 24.7. The lowest BCUT2D eigenvalue weighted by molar-refractivity contribution is 0.669. The zero-order chi connectivity index (χ0) is 33.2. The van der Waals surface area contributed by atoms with Crippen molar-refractivity contribution in [3.63, 3.8) is 0 Å². The average Bonchev–Trinajstić information content (AvgIpc) is 3.56. The van der Waals surface area contributed by atoms with E-state index < -0.39 is 0 Å². The fraction of sp³-hybridized carbons (Fsp3) is 0. The van der Waals surface area contributed by atoms with E-state index in [-0.39, 0.29) is 5.56 Å². The summed E-state index contributed by atoms with van der Waals surface area (Å²) in [5.74, 6) is 1.72. The summed E-state index contributed by atoms with van der Waals surface area (Å²) in [6, 6.07) is 46.8. The second-order valence-electron chi connectivity index (χ2n) is 12.1. The Bertz CT molecular complexity index is 2950. The van der Waals surface area contributed by atoms with E-state index in [1.54, 1.807) is 4.40 Å².